The first-order valence-electron chi connectivity index (χ1n) is 17.4. The molecular weight excluding hydrogens is 621 g/mol. The van der Waals surface area contributed by atoms with E-state index in [1.165, 1.54) is 19.3 Å². The highest BCUT2D eigenvalue weighted by atomic mass is 35.5. The van der Waals surface area contributed by atoms with Gasteiger partial charge in [-0.3, -0.25) is 20.3 Å². The van der Waals surface area contributed by atoms with Crippen molar-refractivity contribution in [3.8, 4) is 0 Å². The summed E-state index contributed by atoms with van der Waals surface area (Å²) >= 11 is 6.18. The van der Waals surface area contributed by atoms with Gasteiger partial charge in [0, 0.05) is 77.7 Å². The maximum absolute atomic E-state index is 15.0. The Morgan fingerprint density at radius 3 is 2.39 bits per heavy atom. The lowest BCUT2D eigenvalue weighted by molar-refractivity contribution is -0.140. The molecule has 0 radical (unpaired) electrons. The van der Waals surface area contributed by atoms with E-state index < -0.39 is 37.2 Å². The van der Waals surface area contributed by atoms with Crippen molar-refractivity contribution in [2.75, 3.05) is 65.6 Å². The molecule has 12 nitrogen and oxygen atoms in total. The number of unbranched alkanes of at least 4 members (excludes halogenated alkanes) is 1. The third-order valence-electron chi connectivity index (χ3n) is 10.7. The van der Waals surface area contributed by atoms with Crippen molar-refractivity contribution in [3.05, 3.63) is 0 Å². The maximum atomic E-state index is 15.0. The number of likely N-dealkylation sites (tertiary alicyclic amines) is 2. The predicted molar refractivity (Wildman–Crippen MR) is 173 cm³/mol. The third-order valence-corrected chi connectivity index (χ3v) is 11.0. The maximum Gasteiger partial charge on any atom is 0.222 e. The van der Waals surface area contributed by atoms with Crippen molar-refractivity contribution in [3.63, 3.8) is 0 Å². The number of amides is 1. The average molecular weight is 680 g/mol. The molecule has 1 amide bonds. The zero-order valence-electron chi connectivity index (χ0n) is 27.4. The van der Waals surface area contributed by atoms with Crippen molar-refractivity contribution in [2.45, 2.75) is 113 Å². The van der Waals surface area contributed by atoms with Crippen LogP contribution in [0.25, 0.3) is 0 Å². The Morgan fingerprint density at radius 1 is 1.07 bits per heavy atom. The molecule has 1 aliphatic carbocycles. The summed E-state index contributed by atoms with van der Waals surface area (Å²) in [7, 11) is 0. The van der Waals surface area contributed by atoms with Gasteiger partial charge in [-0.1, -0.05) is 13.3 Å². The lowest BCUT2D eigenvalue weighted by Gasteiger charge is -2.44. The molecule has 0 aromatic rings. The minimum Gasteiger partial charge on any atom is -0.394 e. The van der Waals surface area contributed by atoms with Crippen LogP contribution in [0, 0.1) is 17.3 Å². The lowest BCUT2D eigenvalue weighted by atomic mass is 9.76. The first-order chi connectivity index (χ1) is 22.0. The summed E-state index contributed by atoms with van der Waals surface area (Å²) in [6.45, 7) is 7.75. The number of aliphatic hydroxyl groups is 5. The van der Waals surface area contributed by atoms with Crippen LogP contribution >= 0.6 is 11.6 Å². The molecule has 3 heterocycles. The Hall–Kier alpha value is -0.710. The fourth-order valence-corrected chi connectivity index (χ4v) is 7.43. The number of hydrogen-bond donors (Lipinski definition) is 8. The molecule has 3 unspecified atom stereocenters. The quantitative estimate of drug-likeness (QED) is 0.0753. The first kappa shape index (κ1) is 38.1. The van der Waals surface area contributed by atoms with E-state index in [0.29, 0.717) is 44.5 Å². The summed E-state index contributed by atoms with van der Waals surface area (Å²) in [4.78, 5) is 17.0. The number of rotatable bonds is 17. The topological polar surface area (TPSA) is 170 Å². The molecule has 8 N–H and O–H groups in total. The number of piperidine rings is 1. The van der Waals surface area contributed by atoms with E-state index in [4.69, 9.17) is 21.4 Å². The van der Waals surface area contributed by atoms with Crippen LogP contribution < -0.4 is 16.0 Å². The first-order valence-corrected chi connectivity index (χ1v) is 17.8. The van der Waals surface area contributed by atoms with Crippen LogP contribution in [0.3, 0.4) is 0 Å². The fourth-order valence-electron chi connectivity index (χ4n) is 7.26. The second-order valence-electron chi connectivity index (χ2n) is 14.5. The van der Waals surface area contributed by atoms with Gasteiger partial charge in [-0.25, -0.2) is 4.39 Å². The van der Waals surface area contributed by atoms with Crippen molar-refractivity contribution in [1.82, 2.24) is 25.8 Å². The molecule has 4 aliphatic rings. The van der Waals surface area contributed by atoms with Crippen LogP contribution in [0.1, 0.15) is 64.7 Å². The Morgan fingerprint density at radius 2 is 1.74 bits per heavy atom. The summed E-state index contributed by atoms with van der Waals surface area (Å²) in [5.74, 6) is -0.129. The van der Waals surface area contributed by atoms with Gasteiger partial charge in [0.25, 0.3) is 0 Å². The molecule has 1 saturated carbocycles. The number of carbonyl (C=O) groups is 1. The summed E-state index contributed by atoms with van der Waals surface area (Å²) in [6.07, 6.45) is 0.611. The standard InChI is InChI=1S/C32H59ClFN5O7/c1-32(7-9-38(10-8-32)31-36-15-23(33)16-37-31)6-2-3-11-46-24-5-4-22(25(34)13-24)12-28(43)39-18-21(19-39)14-35-17-26(41)29(44)30(45)27(42)20-40/h21-27,29-31,35-37,40-42,44-45H,2-20H2,1H3/t22?,23?,24?,25?,26-,27+,29+,30+,31?/m0/s1. The number of alkyl halides is 2. The molecule has 0 spiro atoms. The molecule has 14 heteroatoms. The van der Waals surface area contributed by atoms with Gasteiger partial charge < -0.3 is 40.5 Å². The van der Waals surface area contributed by atoms with E-state index in [1.807, 2.05) is 0 Å². The summed E-state index contributed by atoms with van der Waals surface area (Å²) in [5.41, 5.74) is 0.352. The van der Waals surface area contributed by atoms with Gasteiger partial charge in [0.1, 0.15) is 30.8 Å². The summed E-state index contributed by atoms with van der Waals surface area (Å²) in [6, 6.07) is 0. The number of ether oxygens (including phenoxy) is 1. The lowest BCUT2D eigenvalue weighted by Crippen LogP contribution is -2.63. The molecule has 3 saturated heterocycles. The van der Waals surface area contributed by atoms with Crippen LogP contribution in [0.15, 0.2) is 0 Å². The fraction of sp³-hybridized carbons (Fsp3) is 0.969. The largest absolute Gasteiger partial charge is 0.394 e. The number of nitrogens with one attached hydrogen (secondary N) is 3. The zero-order valence-corrected chi connectivity index (χ0v) is 28.2. The summed E-state index contributed by atoms with van der Waals surface area (Å²) < 4.78 is 21.1. The van der Waals surface area contributed by atoms with Crippen LogP contribution in [0.5, 0.6) is 0 Å². The second-order valence-corrected chi connectivity index (χ2v) is 15.1. The number of halogens is 2. The van der Waals surface area contributed by atoms with Gasteiger partial charge in [0.15, 0.2) is 0 Å². The van der Waals surface area contributed by atoms with Crippen molar-refractivity contribution >= 4 is 17.5 Å². The number of nitrogens with zero attached hydrogens (tertiary/aromatic N) is 2. The third kappa shape index (κ3) is 11.2. The Bertz CT molecular complexity index is 908. The SMILES string of the molecule is CC1(CCCCOC2CCC(CC(=O)N3CC(CNC[C@H](O)[C@@H](O)[C@H](O)[C@H](O)CO)C3)C(F)C2)CCN(C2NCC(Cl)CN2)CC1. The van der Waals surface area contributed by atoms with E-state index in [9.17, 15) is 25.2 Å². The van der Waals surface area contributed by atoms with Crippen LogP contribution in [0.4, 0.5) is 4.39 Å². The molecular formula is C32H59ClFN5O7. The van der Waals surface area contributed by atoms with E-state index in [-0.39, 0.29) is 48.5 Å². The average Bonchev–Trinajstić information content (AvgIpc) is 3.02. The van der Waals surface area contributed by atoms with Crippen LogP contribution in [-0.2, 0) is 9.53 Å². The number of hydrogen-bond acceptors (Lipinski definition) is 11. The number of carbonyl (C=O) groups excluding carboxylic acids is 1. The minimum atomic E-state index is -1.66. The Kier molecular flexibility index (Phi) is 15.2. The second kappa shape index (κ2) is 18.3. The van der Waals surface area contributed by atoms with Gasteiger partial charge >= 0.3 is 0 Å². The highest BCUT2D eigenvalue weighted by Gasteiger charge is 2.37. The molecule has 7 atom stereocenters. The molecule has 0 aromatic carbocycles. The highest BCUT2D eigenvalue weighted by Crippen LogP contribution is 2.37. The zero-order chi connectivity index (χ0) is 33.3. The van der Waals surface area contributed by atoms with Crippen LogP contribution in [-0.4, -0.2) is 155 Å². The van der Waals surface area contributed by atoms with Gasteiger partial charge in [-0.05, 0) is 49.9 Å². The van der Waals surface area contributed by atoms with E-state index in [1.54, 1.807) is 4.90 Å². The Balaban J connectivity index is 1.01. The van der Waals surface area contributed by atoms with Crippen molar-refractivity contribution in [2.24, 2.45) is 17.3 Å². The molecule has 3 aliphatic heterocycles. The molecule has 0 bridgehead atoms. The van der Waals surface area contributed by atoms with Crippen LogP contribution in [0.2, 0.25) is 0 Å². The van der Waals surface area contributed by atoms with Crippen molar-refractivity contribution in [1.29, 1.82) is 0 Å². The van der Waals surface area contributed by atoms with Gasteiger partial charge in [0.05, 0.1) is 24.2 Å². The smallest absolute Gasteiger partial charge is 0.222 e. The van der Waals surface area contributed by atoms with E-state index in [2.05, 4.69) is 27.8 Å². The normalized spacial score (nSPS) is 32.0. The van der Waals surface area contributed by atoms with Gasteiger partial charge in [-0.2, -0.15) is 0 Å². The molecule has 0 aromatic heterocycles. The molecule has 4 fully saturated rings. The molecule has 46 heavy (non-hydrogen) atoms. The Labute approximate surface area is 278 Å². The summed E-state index contributed by atoms with van der Waals surface area (Å²) in [5, 5.41) is 58.0. The predicted octanol–water partition coefficient (Wildman–Crippen LogP) is -0.260. The van der Waals surface area contributed by atoms with Crippen molar-refractivity contribution < 1.29 is 39.5 Å². The van der Waals surface area contributed by atoms with Gasteiger partial charge in [0.2, 0.25) is 5.91 Å². The number of aliphatic hydroxyl groups excluding tert-OH is 5. The van der Waals surface area contributed by atoms with E-state index >= 15 is 4.39 Å². The monoisotopic (exact) mass is 679 g/mol. The molecule has 4 rings (SSSR count). The highest BCUT2D eigenvalue weighted by molar-refractivity contribution is 6.21. The minimum absolute atomic E-state index is 0.0131. The van der Waals surface area contributed by atoms with Gasteiger partial charge in [-0.15, -0.1) is 11.6 Å². The molecule has 268 valence electrons. The van der Waals surface area contributed by atoms with E-state index in [0.717, 1.165) is 45.4 Å².